The van der Waals surface area contributed by atoms with Crippen molar-refractivity contribution in [2.24, 2.45) is 0 Å². The van der Waals surface area contributed by atoms with Gasteiger partial charge in [0.2, 0.25) is 11.8 Å². The summed E-state index contributed by atoms with van der Waals surface area (Å²) in [4.78, 5) is 28.4. The molecule has 0 aliphatic carbocycles. The molecule has 1 fully saturated rings. The molecule has 2 heterocycles. The second kappa shape index (κ2) is 10.0. The first-order valence-corrected chi connectivity index (χ1v) is 9.50. The molecule has 1 N–H and O–H groups in total. The number of nitrogens with zero attached hydrogens (tertiary/aromatic N) is 4. The van der Waals surface area contributed by atoms with Crippen molar-refractivity contribution in [3.63, 3.8) is 0 Å². The molecule has 0 unspecified atom stereocenters. The lowest BCUT2D eigenvalue weighted by Gasteiger charge is -2.34. The van der Waals surface area contributed by atoms with E-state index in [1.807, 2.05) is 41.4 Å². The lowest BCUT2D eigenvalue weighted by atomic mass is 10.1. The van der Waals surface area contributed by atoms with Gasteiger partial charge in [-0.2, -0.15) is 5.10 Å². The van der Waals surface area contributed by atoms with Crippen LogP contribution >= 0.6 is 0 Å². The monoisotopic (exact) mass is 385 g/mol. The summed E-state index contributed by atoms with van der Waals surface area (Å²) in [7, 11) is 1.61. The maximum atomic E-state index is 12.6. The van der Waals surface area contributed by atoms with Crippen molar-refractivity contribution in [1.29, 1.82) is 0 Å². The van der Waals surface area contributed by atoms with Gasteiger partial charge in [-0.25, -0.2) is 4.68 Å². The predicted molar refractivity (Wildman–Crippen MR) is 105 cm³/mol. The molecular weight excluding hydrogens is 358 g/mol. The van der Waals surface area contributed by atoms with Crippen LogP contribution in [0.4, 0.5) is 0 Å². The number of methoxy groups -OCH3 is 1. The third kappa shape index (κ3) is 5.64. The summed E-state index contributed by atoms with van der Waals surface area (Å²) in [5.74, 6) is 0.116. The maximum Gasteiger partial charge on any atom is 0.234 e. The summed E-state index contributed by atoms with van der Waals surface area (Å²) in [6.45, 7) is 4.11. The van der Waals surface area contributed by atoms with Crippen molar-refractivity contribution in [1.82, 2.24) is 24.9 Å². The molecule has 0 saturated carbocycles. The summed E-state index contributed by atoms with van der Waals surface area (Å²) in [5.41, 5.74) is 1.96. The Morgan fingerprint density at radius 1 is 1.14 bits per heavy atom. The Bertz CT molecular complexity index is 753. The van der Waals surface area contributed by atoms with Crippen LogP contribution in [0, 0.1) is 0 Å². The second-order valence-corrected chi connectivity index (χ2v) is 6.79. The summed E-state index contributed by atoms with van der Waals surface area (Å²) in [6, 6.07) is 9.75. The molecule has 1 saturated heterocycles. The fraction of sp³-hybridized carbons (Fsp3) is 0.450. The number of nitrogens with one attached hydrogen (secondary N) is 1. The van der Waals surface area contributed by atoms with Gasteiger partial charge in [0, 0.05) is 52.2 Å². The minimum atomic E-state index is -0.00546. The fourth-order valence-corrected chi connectivity index (χ4v) is 3.18. The Labute approximate surface area is 165 Å². The minimum absolute atomic E-state index is 0.00546. The minimum Gasteiger partial charge on any atom is -0.383 e. The zero-order valence-corrected chi connectivity index (χ0v) is 16.2. The molecule has 0 radical (unpaired) electrons. The van der Waals surface area contributed by atoms with E-state index >= 15 is 0 Å². The molecule has 0 bridgehead atoms. The normalized spacial score (nSPS) is 14.8. The van der Waals surface area contributed by atoms with Gasteiger partial charge in [0.25, 0.3) is 0 Å². The van der Waals surface area contributed by atoms with Gasteiger partial charge in [0.05, 0.1) is 25.3 Å². The van der Waals surface area contributed by atoms with E-state index in [0.717, 1.165) is 11.3 Å². The lowest BCUT2D eigenvalue weighted by molar-refractivity contribution is -0.132. The first-order valence-electron chi connectivity index (χ1n) is 9.50. The van der Waals surface area contributed by atoms with E-state index in [1.165, 1.54) is 0 Å². The quantitative estimate of drug-likeness (QED) is 0.662. The number of benzene rings is 1. The number of aromatic nitrogens is 2. The largest absolute Gasteiger partial charge is 0.383 e. The van der Waals surface area contributed by atoms with E-state index in [9.17, 15) is 9.59 Å². The first-order chi connectivity index (χ1) is 13.7. The average molecular weight is 385 g/mol. The number of amides is 2. The number of ether oxygens (including phenoxy) is 1. The van der Waals surface area contributed by atoms with E-state index in [0.29, 0.717) is 52.3 Å². The Morgan fingerprint density at radius 3 is 2.54 bits per heavy atom. The first kappa shape index (κ1) is 20.0. The standard InChI is InChI=1S/C20H27N5O3/c1-28-14-8-21-19(26)16-23-10-12-24(13-11-23)20(27)15-17-3-5-18(6-4-17)25-9-2-7-22-25/h2-7,9H,8,10-16H2,1H3,(H,21,26). The highest BCUT2D eigenvalue weighted by molar-refractivity contribution is 5.79. The average Bonchev–Trinajstić information content (AvgIpc) is 3.24. The summed E-state index contributed by atoms with van der Waals surface area (Å²) < 4.78 is 6.71. The number of carbonyl (C=O) groups is 2. The van der Waals surface area contributed by atoms with Crippen LogP contribution in [-0.4, -0.2) is 84.4 Å². The SMILES string of the molecule is COCCNC(=O)CN1CCN(C(=O)Cc2ccc(-n3cccn3)cc2)CC1. The fourth-order valence-electron chi connectivity index (χ4n) is 3.18. The number of carbonyl (C=O) groups excluding carboxylic acids is 2. The molecule has 0 spiro atoms. The van der Waals surface area contributed by atoms with Crippen molar-refractivity contribution < 1.29 is 14.3 Å². The van der Waals surface area contributed by atoms with Crippen molar-refractivity contribution in [3.05, 3.63) is 48.3 Å². The van der Waals surface area contributed by atoms with Crippen LogP contribution in [0.25, 0.3) is 5.69 Å². The highest BCUT2D eigenvalue weighted by Gasteiger charge is 2.22. The topological polar surface area (TPSA) is 79.7 Å². The van der Waals surface area contributed by atoms with Crippen LogP contribution < -0.4 is 5.32 Å². The Balaban J connectivity index is 1.42. The zero-order valence-electron chi connectivity index (χ0n) is 16.2. The van der Waals surface area contributed by atoms with Gasteiger partial charge in [0.15, 0.2) is 0 Å². The number of hydrogen-bond donors (Lipinski definition) is 1. The molecule has 1 aromatic heterocycles. The highest BCUT2D eigenvalue weighted by atomic mass is 16.5. The van der Waals surface area contributed by atoms with E-state index in [1.54, 1.807) is 18.0 Å². The summed E-state index contributed by atoms with van der Waals surface area (Å²) in [5, 5.41) is 7.02. The molecular formula is C20H27N5O3. The van der Waals surface area contributed by atoms with Gasteiger partial charge in [-0.05, 0) is 23.8 Å². The summed E-state index contributed by atoms with van der Waals surface area (Å²) in [6.07, 6.45) is 4.01. The van der Waals surface area contributed by atoms with Crippen LogP contribution in [0.2, 0.25) is 0 Å². The Kier molecular flexibility index (Phi) is 7.16. The van der Waals surface area contributed by atoms with E-state index in [-0.39, 0.29) is 11.8 Å². The van der Waals surface area contributed by atoms with Gasteiger partial charge in [-0.3, -0.25) is 14.5 Å². The van der Waals surface area contributed by atoms with E-state index in [4.69, 9.17) is 4.74 Å². The predicted octanol–water partition coefficient (Wildman–Crippen LogP) is 0.322. The number of hydrogen-bond acceptors (Lipinski definition) is 5. The lowest BCUT2D eigenvalue weighted by Crippen LogP contribution is -2.51. The van der Waals surface area contributed by atoms with Crippen molar-refractivity contribution in [2.75, 3.05) is 53.0 Å². The third-order valence-electron chi connectivity index (χ3n) is 4.78. The molecule has 1 aliphatic rings. The second-order valence-electron chi connectivity index (χ2n) is 6.79. The maximum absolute atomic E-state index is 12.6. The van der Waals surface area contributed by atoms with Crippen molar-refractivity contribution in [2.45, 2.75) is 6.42 Å². The number of piperazine rings is 1. The number of rotatable bonds is 8. The highest BCUT2D eigenvalue weighted by Crippen LogP contribution is 2.11. The molecule has 1 aliphatic heterocycles. The third-order valence-corrected chi connectivity index (χ3v) is 4.78. The van der Waals surface area contributed by atoms with Crippen molar-refractivity contribution >= 4 is 11.8 Å². The van der Waals surface area contributed by atoms with Crippen LogP contribution in [0.3, 0.4) is 0 Å². The molecule has 2 amide bonds. The molecule has 1 aromatic carbocycles. The van der Waals surface area contributed by atoms with Crippen LogP contribution in [0.1, 0.15) is 5.56 Å². The van der Waals surface area contributed by atoms with Crippen molar-refractivity contribution in [3.8, 4) is 5.69 Å². The van der Waals surface area contributed by atoms with E-state index in [2.05, 4.69) is 15.3 Å². The summed E-state index contributed by atoms with van der Waals surface area (Å²) >= 11 is 0. The molecule has 0 atom stereocenters. The van der Waals surface area contributed by atoms with Crippen LogP contribution in [0.5, 0.6) is 0 Å². The molecule has 8 nitrogen and oxygen atoms in total. The molecule has 3 rings (SSSR count). The Hall–Kier alpha value is -2.71. The van der Waals surface area contributed by atoms with Gasteiger partial charge < -0.3 is 15.0 Å². The van der Waals surface area contributed by atoms with Gasteiger partial charge in [0.1, 0.15) is 0 Å². The van der Waals surface area contributed by atoms with Gasteiger partial charge in [-0.15, -0.1) is 0 Å². The molecule has 150 valence electrons. The van der Waals surface area contributed by atoms with Gasteiger partial charge >= 0.3 is 0 Å². The molecule has 2 aromatic rings. The van der Waals surface area contributed by atoms with E-state index < -0.39 is 0 Å². The Morgan fingerprint density at radius 2 is 1.89 bits per heavy atom. The molecule has 8 heteroatoms. The van der Waals surface area contributed by atoms with Crippen LogP contribution in [0.15, 0.2) is 42.7 Å². The molecule has 28 heavy (non-hydrogen) atoms. The smallest absolute Gasteiger partial charge is 0.234 e. The van der Waals surface area contributed by atoms with Gasteiger partial charge in [-0.1, -0.05) is 12.1 Å². The zero-order chi connectivity index (χ0) is 19.8. The van der Waals surface area contributed by atoms with Crippen LogP contribution in [-0.2, 0) is 20.7 Å².